The molecule has 2 amide bonds. The van der Waals surface area contributed by atoms with Crippen molar-refractivity contribution in [3.05, 3.63) is 0 Å². The first kappa shape index (κ1) is 14.6. The van der Waals surface area contributed by atoms with Crippen molar-refractivity contribution in [1.29, 1.82) is 0 Å². The minimum absolute atomic E-state index is 0.0369. The van der Waals surface area contributed by atoms with E-state index in [1.807, 2.05) is 0 Å². The monoisotopic (exact) mass is 270 g/mol. The average Bonchev–Trinajstić information content (AvgIpc) is 3.05. The molecule has 0 aromatic carbocycles. The highest BCUT2D eigenvalue weighted by molar-refractivity contribution is 5.75. The first-order chi connectivity index (χ1) is 9.14. The minimum atomic E-state index is -0.382. The predicted octanol–water partition coefficient (Wildman–Crippen LogP) is 1.41. The van der Waals surface area contributed by atoms with Crippen molar-refractivity contribution in [1.82, 2.24) is 10.6 Å². The van der Waals surface area contributed by atoms with Crippen LogP contribution in [0, 0.1) is 5.41 Å². The Labute approximate surface area is 115 Å². The summed E-state index contributed by atoms with van der Waals surface area (Å²) in [5.74, 6) is 0. The van der Waals surface area contributed by atoms with Crippen LogP contribution in [-0.2, 0) is 4.74 Å². The summed E-state index contributed by atoms with van der Waals surface area (Å²) in [7, 11) is 1.71. The number of amides is 2. The molecule has 0 unspecified atom stereocenters. The van der Waals surface area contributed by atoms with Gasteiger partial charge in [0.25, 0.3) is 0 Å². The van der Waals surface area contributed by atoms with E-state index in [0.29, 0.717) is 6.54 Å². The van der Waals surface area contributed by atoms with E-state index in [2.05, 4.69) is 10.6 Å². The molecular formula is C14H26N2O3. The number of methoxy groups -OCH3 is 1. The lowest BCUT2D eigenvalue weighted by Gasteiger charge is -2.28. The van der Waals surface area contributed by atoms with Gasteiger partial charge in [0.05, 0.1) is 12.1 Å². The van der Waals surface area contributed by atoms with E-state index in [9.17, 15) is 9.90 Å². The number of carbonyl (C=O) groups is 1. The molecule has 2 rings (SSSR count). The van der Waals surface area contributed by atoms with E-state index in [-0.39, 0.29) is 23.6 Å². The molecule has 0 radical (unpaired) electrons. The van der Waals surface area contributed by atoms with Gasteiger partial charge in [-0.15, -0.1) is 0 Å². The Morgan fingerprint density at radius 1 is 1.26 bits per heavy atom. The lowest BCUT2D eigenvalue weighted by atomic mass is 9.99. The van der Waals surface area contributed by atoms with Crippen LogP contribution in [0.25, 0.3) is 0 Å². The van der Waals surface area contributed by atoms with E-state index in [4.69, 9.17) is 4.74 Å². The quantitative estimate of drug-likeness (QED) is 0.655. The highest BCUT2D eigenvalue weighted by Crippen LogP contribution is 2.48. The largest absolute Gasteiger partial charge is 0.394 e. The molecule has 2 fully saturated rings. The number of hydrogen-bond acceptors (Lipinski definition) is 3. The SMILES string of the molecule is COCCC1(CNC(=O)NC2(CO)CCCC2)CC1. The normalized spacial score (nSPS) is 23.1. The van der Waals surface area contributed by atoms with Crippen molar-refractivity contribution in [2.45, 2.75) is 50.5 Å². The van der Waals surface area contributed by atoms with Crippen LogP contribution in [-0.4, -0.2) is 43.5 Å². The van der Waals surface area contributed by atoms with Gasteiger partial charge in [-0.25, -0.2) is 4.79 Å². The van der Waals surface area contributed by atoms with Crippen molar-refractivity contribution in [3.8, 4) is 0 Å². The molecule has 0 aromatic rings. The van der Waals surface area contributed by atoms with Gasteiger partial charge in [0.2, 0.25) is 0 Å². The number of ether oxygens (including phenoxy) is 1. The van der Waals surface area contributed by atoms with Crippen molar-refractivity contribution in [3.63, 3.8) is 0 Å². The van der Waals surface area contributed by atoms with Crippen LogP contribution in [0.1, 0.15) is 44.9 Å². The fourth-order valence-electron chi connectivity index (χ4n) is 2.94. The Hall–Kier alpha value is -0.810. The summed E-state index contributed by atoms with van der Waals surface area (Å²) < 4.78 is 5.10. The van der Waals surface area contributed by atoms with Crippen LogP contribution in [0.3, 0.4) is 0 Å². The number of nitrogens with one attached hydrogen (secondary N) is 2. The summed E-state index contributed by atoms with van der Waals surface area (Å²) in [6.45, 7) is 1.50. The Morgan fingerprint density at radius 2 is 1.95 bits per heavy atom. The lowest BCUT2D eigenvalue weighted by molar-refractivity contribution is 0.158. The van der Waals surface area contributed by atoms with E-state index >= 15 is 0 Å². The van der Waals surface area contributed by atoms with Gasteiger partial charge in [0.1, 0.15) is 0 Å². The molecule has 2 aliphatic rings. The molecule has 2 saturated carbocycles. The topological polar surface area (TPSA) is 70.6 Å². The Balaban J connectivity index is 1.72. The maximum atomic E-state index is 11.9. The van der Waals surface area contributed by atoms with Gasteiger partial charge in [-0.1, -0.05) is 12.8 Å². The molecule has 0 aliphatic heterocycles. The van der Waals surface area contributed by atoms with E-state index < -0.39 is 0 Å². The van der Waals surface area contributed by atoms with Crippen LogP contribution in [0.5, 0.6) is 0 Å². The summed E-state index contributed by atoms with van der Waals surface area (Å²) >= 11 is 0. The maximum Gasteiger partial charge on any atom is 0.315 e. The highest BCUT2D eigenvalue weighted by atomic mass is 16.5. The smallest absolute Gasteiger partial charge is 0.315 e. The summed E-state index contributed by atoms with van der Waals surface area (Å²) in [6.07, 6.45) is 7.27. The minimum Gasteiger partial charge on any atom is -0.394 e. The molecule has 0 aromatic heterocycles. The number of aliphatic hydroxyl groups is 1. The van der Waals surface area contributed by atoms with Gasteiger partial charge in [0.15, 0.2) is 0 Å². The van der Waals surface area contributed by atoms with Crippen molar-refractivity contribution >= 4 is 6.03 Å². The Kier molecular flexibility index (Phi) is 4.68. The van der Waals surface area contributed by atoms with Gasteiger partial charge < -0.3 is 20.5 Å². The Bertz CT molecular complexity index is 310. The van der Waals surface area contributed by atoms with Gasteiger partial charge in [-0.2, -0.15) is 0 Å². The van der Waals surface area contributed by atoms with Gasteiger partial charge in [0, 0.05) is 20.3 Å². The molecule has 2 aliphatic carbocycles. The molecule has 5 nitrogen and oxygen atoms in total. The molecule has 110 valence electrons. The van der Waals surface area contributed by atoms with Crippen LogP contribution in [0.2, 0.25) is 0 Å². The third-order valence-electron chi connectivity index (χ3n) is 4.66. The molecular weight excluding hydrogens is 244 g/mol. The number of aliphatic hydroxyl groups excluding tert-OH is 1. The molecule has 0 bridgehead atoms. The van der Waals surface area contributed by atoms with Crippen molar-refractivity contribution in [2.24, 2.45) is 5.41 Å². The second-order valence-corrected chi connectivity index (χ2v) is 6.20. The number of urea groups is 1. The van der Waals surface area contributed by atoms with Crippen LogP contribution in [0.4, 0.5) is 4.79 Å². The maximum absolute atomic E-state index is 11.9. The predicted molar refractivity (Wildman–Crippen MR) is 73.0 cm³/mol. The summed E-state index contributed by atoms with van der Waals surface area (Å²) in [4.78, 5) is 11.9. The third-order valence-corrected chi connectivity index (χ3v) is 4.66. The van der Waals surface area contributed by atoms with Crippen molar-refractivity contribution < 1.29 is 14.6 Å². The molecule has 0 saturated heterocycles. The van der Waals surface area contributed by atoms with Gasteiger partial charge >= 0.3 is 6.03 Å². The standard InChI is InChI=1S/C14H26N2O3/c1-19-9-8-13(6-7-13)10-15-12(18)16-14(11-17)4-2-3-5-14/h17H,2-11H2,1H3,(H2,15,16,18). The molecule has 0 spiro atoms. The molecule has 0 heterocycles. The van der Waals surface area contributed by atoms with Crippen LogP contribution >= 0.6 is 0 Å². The first-order valence-corrected chi connectivity index (χ1v) is 7.30. The van der Waals surface area contributed by atoms with E-state index in [0.717, 1.165) is 38.7 Å². The number of carbonyl (C=O) groups excluding carboxylic acids is 1. The second kappa shape index (κ2) is 6.09. The summed E-state index contributed by atoms with van der Waals surface area (Å²) in [5.41, 5.74) is -0.122. The Morgan fingerprint density at radius 3 is 2.47 bits per heavy atom. The average molecular weight is 270 g/mol. The fourth-order valence-corrected chi connectivity index (χ4v) is 2.94. The van der Waals surface area contributed by atoms with Crippen LogP contribution < -0.4 is 10.6 Å². The van der Waals surface area contributed by atoms with Gasteiger partial charge in [-0.05, 0) is 37.5 Å². The third kappa shape index (κ3) is 3.83. The molecule has 0 atom stereocenters. The zero-order chi connectivity index (χ0) is 13.8. The van der Waals surface area contributed by atoms with Gasteiger partial charge in [-0.3, -0.25) is 0 Å². The highest BCUT2D eigenvalue weighted by Gasteiger charge is 2.42. The van der Waals surface area contributed by atoms with Crippen molar-refractivity contribution in [2.75, 3.05) is 26.9 Å². The molecule has 5 heteroatoms. The molecule has 19 heavy (non-hydrogen) atoms. The lowest BCUT2D eigenvalue weighted by Crippen LogP contribution is -2.53. The summed E-state index contributed by atoms with van der Waals surface area (Å²) in [5, 5.41) is 15.4. The van der Waals surface area contributed by atoms with E-state index in [1.54, 1.807) is 7.11 Å². The number of hydrogen-bond donors (Lipinski definition) is 3. The summed E-state index contributed by atoms with van der Waals surface area (Å²) in [6, 6.07) is -0.139. The zero-order valence-electron chi connectivity index (χ0n) is 11.8. The number of rotatable bonds is 7. The first-order valence-electron chi connectivity index (χ1n) is 7.30. The molecule has 3 N–H and O–H groups in total. The zero-order valence-corrected chi connectivity index (χ0v) is 11.8. The second-order valence-electron chi connectivity index (χ2n) is 6.20. The van der Waals surface area contributed by atoms with Crippen LogP contribution in [0.15, 0.2) is 0 Å². The van der Waals surface area contributed by atoms with E-state index in [1.165, 1.54) is 12.8 Å². The fraction of sp³-hybridized carbons (Fsp3) is 0.929.